The lowest BCUT2D eigenvalue weighted by Gasteiger charge is -2.37. The highest BCUT2D eigenvalue weighted by Gasteiger charge is 2.24. The van der Waals surface area contributed by atoms with Gasteiger partial charge < -0.3 is 10.6 Å². The van der Waals surface area contributed by atoms with Crippen molar-refractivity contribution in [3.8, 4) is 0 Å². The second kappa shape index (κ2) is 6.16. The maximum atomic E-state index is 12.6. The highest BCUT2D eigenvalue weighted by molar-refractivity contribution is 5.94. The van der Waals surface area contributed by atoms with E-state index in [1.54, 1.807) is 0 Å². The minimum absolute atomic E-state index is 0.185. The van der Waals surface area contributed by atoms with Crippen LogP contribution in [-0.4, -0.2) is 54.5 Å². The number of benzene rings is 1. The molecule has 0 aromatic heterocycles. The van der Waals surface area contributed by atoms with E-state index < -0.39 is 0 Å². The topological polar surface area (TPSA) is 49.6 Å². The van der Waals surface area contributed by atoms with Crippen LogP contribution in [0.15, 0.2) is 18.2 Å². The first-order valence-electron chi connectivity index (χ1n) is 8.04. The van der Waals surface area contributed by atoms with Gasteiger partial charge in [0.2, 0.25) is 0 Å². The van der Waals surface area contributed by atoms with Gasteiger partial charge in [0.25, 0.3) is 5.91 Å². The van der Waals surface area contributed by atoms with Gasteiger partial charge in [0.15, 0.2) is 0 Å². The van der Waals surface area contributed by atoms with Crippen molar-refractivity contribution in [3.63, 3.8) is 0 Å². The summed E-state index contributed by atoms with van der Waals surface area (Å²) < 4.78 is 0. The number of rotatable bonds is 3. The predicted octanol–water partition coefficient (Wildman–Crippen LogP) is 1.28. The van der Waals surface area contributed by atoms with Gasteiger partial charge >= 0.3 is 0 Å². The molecule has 0 spiro atoms. The number of fused-ring (bicyclic) bond motifs is 1. The number of hydrogen-bond acceptors (Lipinski definition) is 3. The third kappa shape index (κ3) is 2.97. The van der Waals surface area contributed by atoms with Crippen molar-refractivity contribution in [1.82, 2.24) is 9.80 Å². The molecule has 114 valence electrons. The molecule has 3 rings (SSSR count). The van der Waals surface area contributed by atoms with E-state index in [2.05, 4.69) is 24.0 Å². The lowest BCUT2D eigenvalue weighted by atomic mass is 10.1. The number of hydrogen-bond donors (Lipinski definition) is 1. The highest BCUT2D eigenvalue weighted by atomic mass is 16.2. The highest BCUT2D eigenvalue weighted by Crippen LogP contribution is 2.23. The van der Waals surface area contributed by atoms with Gasteiger partial charge in [-0.2, -0.15) is 0 Å². The molecule has 1 aliphatic heterocycles. The van der Waals surface area contributed by atoms with Gasteiger partial charge in [-0.1, -0.05) is 6.07 Å². The molecule has 2 N–H and O–H groups in total. The van der Waals surface area contributed by atoms with Gasteiger partial charge in [-0.15, -0.1) is 0 Å². The summed E-state index contributed by atoms with van der Waals surface area (Å²) in [6.45, 7) is 6.29. The van der Waals surface area contributed by atoms with Gasteiger partial charge in [-0.3, -0.25) is 9.69 Å². The summed E-state index contributed by atoms with van der Waals surface area (Å²) >= 11 is 0. The molecule has 0 saturated carbocycles. The molecule has 1 aliphatic carbocycles. The summed E-state index contributed by atoms with van der Waals surface area (Å²) in [5.74, 6) is 0.185. The lowest BCUT2D eigenvalue weighted by molar-refractivity contribution is 0.0589. The zero-order valence-electron chi connectivity index (χ0n) is 12.8. The molecule has 1 fully saturated rings. The molecular weight excluding hydrogens is 262 g/mol. The maximum Gasteiger partial charge on any atom is 0.253 e. The molecule has 2 aliphatic rings. The Balaban J connectivity index is 1.64. The summed E-state index contributed by atoms with van der Waals surface area (Å²) in [6.07, 6.45) is 3.51. The zero-order chi connectivity index (χ0) is 14.8. The van der Waals surface area contributed by atoms with Crippen LogP contribution in [0.25, 0.3) is 0 Å². The molecule has 1 amide bonds. The summed E-state index contributed by atoms with van der Waals surface area (Å²) in [5.41, 5.74) is 9.37. The standard InChI is InChI=1S/C17H25N3O/c1-13(12-18)19-7-9-20(10-8-19)17(21)16-6-5-14-3-2-4-15(14)11-16/h5-6,11,13H,2-4,7-10,12,18H2,1H3. The van der Waals surface area contributed by atoms with Crippen molar-refractivity contribution in [3.05, 3.63) is 34.9 Å². The fourth-order valence-corrected chi connectivity index (χ4v) is 3.40. The number of nitrogens with two attached hydrogens (primary N) is 1. The molecule has 0 bridgehead atoms. The largest absolute Gasteiger partial charge is 0.336 e. The average molecular weight is 287 g/mol. The van der Waals surface area contributed by atoms with E-state index in [0.29, 0.717) is 12.6 Å². The fourth-order valence-electron chi connectivity index (χ4n) is 3.40. The number of carbonyl (C=O) groups is 1. The van der Waals surface area contributed by atoms with Crippen LogP contribution in [0.3, 0.4) is 0 Å². The molecule has 1 aromatic carbocycles. The molecule has 4 nitrogen and oxygen atoms in total. The molecular formula is C17H25N3O. The molecule has 4 heteroatoms. The second-order valence-electron chi connectivity index (χ2n) is 6.25. The van der Waals surface area contributed by atoms with Crippen molar-refractivity contribution >= 4 is 5.91 Å². The number of aryl methyl sites for hydroxylation is 2. The Bertz CT molecular complexity index is 521. The molecule has 21 heavy (non-hydrogen) atoms. The average Bonchev–Trinajstić information content (AvgIpc) is 3.01. The molecule has 1 unspecified atom stereocenters. The maximum absolute atomic E-state index is 12.6. The van der Waals surface area contributed by atoms with Crippen LogP contribution < -0.4 is 5.73 Å². The van der Waals surface area contributed by atoms with Gasteiger partial charge in [0.1, 0.15) is 0 Å². The van der Waals surface area contributed by atoms with Gasteiger partial charge in [-0.25, -0.2) is 0 Å². The number of piperazine rings is 1. The summed E-state index contributed by atoms with van der Waals surface area (Å²) in [4.78, 5) is 17.0. The Labute approximate surface area is 126 Å². The summed E-state index contributed by atoms with van der Waals surface area (Å²) in [7, 11) is 0. The minimum Gasteiger partial charge on any atom is -0.336 e. The van der Waals surface area contributed by atoms with Crippen molar-refractivity contribution in [2.24, 2.45) is 5.73 Å². The first kappa shape index (κ1) is 14.5. The molecule has 0 radical (unpaired) electrons. The van der Waals surface area contributed by atoms with Crippen LogP contribution in [0.5, 0.6) is 0 Å². The van der Waals surface area contributed by atoms with E-state index in [1.807, 2.05) is 11.0 Å². The van der Waals surface area contributed by atoms with E-state index in [4.69, 9.17) is 5.73 Å². The van der Waals surface area contributed by atoms with E-state index in [1.165, 1.54) is 24.0 Å². The smallest absolute Gasteiger partial charge is 0.253 e. The Morgan fingerprint density at radius 2 is 1.90 bits per heavy atom. The van der Waals surface area contributed by atoms with Crippen LogP contribution in [0.2, 0.25) is 0 Å². The van der Waals surface area contributed by atoms with E-state index >= 15 is 0 Å². The molecule has 1 aromatic rings. The first-order valence-corrected chi connectivity index (χ1v) is 8.04. The first-order chi connectivity index (χ1) is 10.2. The van der Waals surface area contributed by atoms with Crippen molar-refractivity contribution < 1.29 is 4.79 Å². The molecule has 1 saturated heterocycles. The zero-order valence-corrected chi connectivity index (χ0v) is 12.8. The van der Waals surface area contributed by atoms with Crippen LogP contribution >= 0.6 is 0 Å². The SMILES string of the molecule is CC(CN)N1CCN(C(=O)c2ccc3c(c2)CCC3)CC1. The quantitative estimate of drug-likeness (QED) is 0.911. The van der Waals surface area contributed by atoms with Crippen LogP contribution in [0, 0.1) is 0 Å². The van der Waals surface area contributed by atoms with Crippen LogP contribution in [0.4, 0.5) is 0 Å². The monoisotopic (exact) mass is 287 g/mol. The van der Waals surface area contributed by atoms with Gasteiger partial charge in [-0.05, 0) is 49.4 Å². The van der Waals surface area contributed by atoms with Gasteiger partial charge in [0.05, 0.1) is 0 Å². The van der Waals surface area contributed by atoms with Crippen molar-refractivity contribution in [2.75, 3.05) is 32.7 Å². The Morgan fingerprint density at radius 3 is 2.62 bits per heavy atom. The van der Waals surface area contributed by atoms with Gasteiger partial charge in [0, 0.05) is 44.3 Å². The Hall–Kier alpha value is -1.39. The third-order valence-electron chi connectivity index (χ3n) is 4.91. The molecule has 1 heterocycles. The minimum atomic E-state index is 0.185. The number of nitrogens with zero attached hydrogens (tertiary/aromatic N) is 2. The Morgan fingerprint density at radius 1 is 1.19 bits per heavy atom. The summed E-state index contributed by atoms with van der Waals surface area (Å²) in [6, 6.07) is 6.66. The lowest BCUT2D eigenvalue weighted by Crippen LogP contribution is -2.52. The fraction of sp³-hybridized carbons (Fsp3) is 0.588. The number of carbonyl (C=O) groups excluding carboxylic acids is 1. The number of amides is 1. The van der Waals surface area contributed by atoms with E-state index in [9.17, 15) is 4.79 Å². The normalized spacial score (nSPS) is 20.4. The van der Waals surface area contributed by atoms with Crippen LogP contribution in [0.1, 0.15) is 34.8 Å². The van der Waals surface area contributed by atoms with E-state index in [-0.39, 0.29) is 5.91 Å². The third-order valence-corrected chi connectivity index (χ3v) is 4.91. The second-order valence-corrected chi connectivity index (χ2v) is 6.25. The molecule has 1 atom stereocenters. The van der Waals surface area contributed by atoms with Crippen molar-refractivity contribution in [2.45, 2.75) is 32.2 Å². The van der Waals surface area contributed by atoms with E-state index in [0.717, 1.165) is 38.2 Å². The van der Waals surface area contributed by atoms with Crippen LogP contribution in [-0.2, 0) is 12.8 Å². The predicted molar refractivity (Wildman–Crippen MR) is 84.5 cm³/mol. The Kier molecular flexibility index (Phi) is 4.27. The van der Waals surface area contributed by atoms with Crippen molar-refractivity contribution in [1.29, 1.82) is 0 Å². The summed E-state index contributed by atoms with van der Waals surface area (Å²) in [5, 5.41) is 0.